The molecule has 8 nitrogen and oxygen atoms in total. The number of Topliss-reactive ketones (excluding diaryl/α,β-unsaturated/α-hetero) is 1. The molecule has 31 heavy (non-hydrogen) atoms. The fourth-order valence-electron chi connectivity index (χ4n) is 2.89. The van der Waals surface area contributed by atoms with Gasteiger partial charge in [0.05, 0.1) is 11.0 Å². The first kappa shape index (κ1) is 28.6. The Kier molecular flexibility index (Phi) is 13.5. The van der Waals surface area contributed by atoms with E-state index in [1.165, 1.54) is 31.2 Å². The zero-order chi connectivity index (χ0) is 23.4. The third-order valence-electron chi connectivity index (χ3n) is 4.30. The molecule has 0 amide bonds. The van der Waals surface area contributed by atoms with Crippen molar-refractivity contribution in [2.75, 3.05) is 49.7 Å². The van der Waals surface area contributed by atoms with Crippen molar-refractivity contribution in [3.63, 3.8) is 0 Å². The van der Waals surface area contributed by atoms with Gasteiger partial charge >= 0.3 is 7.67 Å². The van der Waals surface area contributed by atoms with Gasteiger partial charge in [-0.2, -0.15) is 0 Å². The fraction of sp³-hybridized carbons (Fsp3) is 0.611. The summed E-state index contributed by atoms with van der Waals surface area (Å²) >= 11 is 23.7. The molecule has 0 aliphatic heterocycles. The summed E-state index contributed by atoms with van der Waals surface area (Å²) in [7, 11) is -3.77. The van der Waals surface area contributed by atoms with Crippen molar-refractivity contribution in [3.05, 3.63) is 39.9 Å². The van der Waals surface area contributed by atoms with Crippen LogP contribution in [-0.4, -0.2) is 69.7 Å². The zero-order valence-electron chi connectivity index (χ0n) is 17.1. The van der Waals surface area contributed by atoms with Crippen LogP contribution in [0.2, 0.25) is 0 Å². The summed E-state index contributed by atoms with van der Waals surface area (Å²) in [5.41, 5.74) is 0.375. The van der Waals surface area contributed by atoms with Gasteiger partial charge in [0.2, 0.25) is 0 Å². The Morgan fingerprint density at radius 1 is 1.00 bits per heavy atom. The van der Waals surface area contributed by atoms with Crippen LogP contribution >= 0.6 is 54.1 Å². The highest BCUT2D eigenvalue weighted by Crippen LogP contribution is 2.57. The molecule has 0 saturated heterocycles. The largest absolute Gasteiger partial charge is 0.346 e. The zero-order valence-corrected chi connectivity index (χ0v) is 21.0. The molecule has 0 aromatic heterocycles. The van der Waals surface area contributed by atoms with Crippen LogP contribution in [0.5, 0.6) is 0 Å². The molecule has 1 unspecified atom stereocenters. The van der Waals surface area contributed by atoms with E-state index >= 15 is 0 Å². The van der Waals surface area contributed by atoms with E-state index in [1.807, 2.05) is 0 Å². The van der Waals surface area contributed by atoms with Crippen molar-refractivity contribution in [1.82, 2.24) is 9.34 Å². The summed E-state index contributed by atoms with van der Waals surface area (Å²) in [6.45, 7) is 2.27. The van der Waals surface area contributed by atoms with E-state index in [9.17, 15) is 19.5 Å². The molecule has 0 fully saturated rings. The summed E-state index contributed by atoms with van der Waals surface area (Å²) in [6.07, 6.45) is -0.988. The topological polar surface area (TPSA) is 93.0 Å². The van der Waals surface area contributed by atoms with Gasteiger partial charge < -0.3 is 0 Å². The third-order valence-corrected chi connectivity index (χ3v) is 7.73. The van der Waals surface area contributed by atoms with E-state index in [2.05, 4.69) is 0 Å². The van der Waals surface area contributed by atoms with E-state index in [-0.39, 0.29) is 67.6 Å². The fourth-order valence-corrected chi connectivity index (χ4v) is 6.74. The lowest BCUT2D eigenvalue weighted by molar-refractivity contribution is -0.384. The lowest BCUT2D eigenvalue weighted by Gasteiger charge is -2.39. The molecular weight excluding hydrogens is 511 g/mol. The summed E-state index contributed by atoms with van der Waals surface area (Å²) in [6, 6.07) is 5.58. The minimum absolute atomic E-state index is 0.0764. The minimum atomic E-state index is -3.77. The van der Waals surface area contributed by atoms with Gasteiger partial charge in [-0.05, 0) is 24.6 Å². The van der Waals surface area contributed by atoms with Crippen molar-refractivity contribution in [2.45, 2.75) is 19.4 Å². The molecular formula is C18H26Cl4N3O5P. The van der Waals surface area contributed by atoms with Crippen LogP contribution in [0.25, 0.3) is 0 Å². The number of ketones is 1. The van der Waals surface area contributed by atoms with Crippen molar-refractivity contribution >= 4 is 65.5 Å². The maximum Gasteiger partial charge on any atom is 0.346 e. The molecule has 1 rings (SSSR count). The number of hydrogen-bond donors (Lipinski definition) is 0. The van der Waals surface area contributed by atoms with Crippen LogP contribution in [-0.2, 0) is 13.9 Å². The van der Waals surface area contributed by atoms with Crippen molar-refractivity contribution in [2.24, 2.45) is 0 Å². The average molecular weight is 537 g/mol. The van der Waals surface area contributed by atoms with Gasteiger partial charge in [-0.25, -0.2) is 9.34 Å². The van der Waals surface area contributed by atoms with E-state index in [1.54, 1.807) is 9.34 Å². The number of benzene rings is 1. The highest BCUT2D eigenvalue weighted by molar-refractivity contribution is 7.54. The number of rotatable bonds is 16. The molecule has 0 N–H and O–H groups in total. The number of nitro groups is 1. The molecule has 1 atom stereocenters. The Morgan fingerprint density at radius 2 is 1.42 bits per heavy atom. The Balaban J connectivity index is 3.44. The highest BCUT2D eigenvalue weighted by Gasteiger charge is 2.40. The summed E-state index contributed by atoms with van der Waals surface area (Å²) in [5, 5.41) is 11.0. The van der Waals surface area contributed by atoms with Crippen LogP contribution in [0.15, 0.2) is 24.3 Å². The predicted molar refractivity (Wildman–Crippen MR) is 126 cm³/mol. The average Bonchev–Trinajstić information content (AvgIpc) is 2.72. The van der Waals surface area contributed by atoms with Gasteiger partial charge in [0, 0.05) is 68.3 Å². The Hall–Kier alpha value is -0.440. The number of nitro benzene ring substituents is 1. The molecule has 0 aliphatic carbocycles. The lowest BCUT2D eigenvalue weighted by atomic mass is 10.0. The first-order valence-corrected chi connectivity index (χ1v) is 13.2. The Bertz CT molecular complexity index is 724. The lowest BCUT2D eigenvalue weighted by Crippen LogP contribution is -2.38. The monoisotopic (exact) mass is 535 g/mol. The molecule has 1 aromatic rings. The maximum atomic E-state index is 14.3. The minimum Gasteiger partial charge on any atom is -0.300 e. The second-order valence-corrected chi connectivity index (χ2v) is 10.3. The SMILES string of the molecule is CC(=O)CC(OP(=O)(N(CCCl)CCCl)N(CCCl)CCCl)c1ccc([N+](=O)[O-])cc1. The molecule has 0 radical (unpaired) electrons. The van der Waals surface area contributed by atoms with Crippen molar-refractivity contribution < 1.29 is 18.8 Å². The molecule has 0 bridgehead atoms. The second kappa shape index (κ2) is 14.7. The van der Waals surface area contributed by atoms with Gasteiger partial charge in [0.15, 0.2) is 0 Å². The van der Waals surface area contributed by atoms with Crippen LogP contribution < -0.4 is 0 Å². The van der Waals surface area contributed by atoms with E-state index in [4.69, 9.17) is 50.9 Å². The number of halogens is 4. The number of hydrogen-bond acceptors (Lipinski definition) is 5. The van der Waals surface area contributed by atoms with E-state index in [0.29, 0.717) is 5.56 Å². The van der Waals surface area contributed by atoms with E-state index < -0.39 is 18.7 Å². The van der Waals surface area contributed by atoms with Crippen LogP contribution in [0.1, 0.15) is 25.0 Å². The molecule has 176 valence electrons. The van der Waals surface area contributed by atoms with Gasteiger partial charge in [-0.1, -0.05) is 0 Å². The Morgan fingerprint density at radius 3 is 1.74 bits per heavy atom. The summed E-state index contributed by atoms with van der Waals surface area (Å²) < 4.78 is 23.5. The summed E-state index contributed by atoms with van der Waals surface area (Å²) in [5.74, 6) is 0.504. The quantitative estimate of drug-likeness (QED) is 0.122. The molecule has 0 heterocycles. The molecule has 1 aromatic carbocycles. The van der Waals surface area contributed by atoms with Crippen molar-refractivity contribution in [3.8, 4) is 0 Å². The molecule has 13 heteroatoms. The van der Waals surface area contributed by atoms with Gasteiger partial charge in [0.25, 0.3) is 5.69 Å². The van der Waals surface area contributed by atoms with Gasteiger partial charge in [0.1, 0.15) is 5.78 Å². The van der Waals surface area contributed by atoms with Crippen LogP contribution in [0.3, 0.4) is 0 Å². The first-order chi connectivity index (χ1) is 14.7. The predicted octanol–water partition coefficient (Wildman–Crippen LogP) is 5.30. The first-order valence-electron chi connectivity index (χ1n) is 9.50. The number of carbonyl (C=O) groups excluding carboxylic acids is 1. The normalized spacial score (nSPS) is 13.0. The molecule has 0 saturated carbocycles. The van der Waals surface area contributed by atoms with E-state index in [0.717, 1.165) is 0 Å². The number of non-ortho nitro benzene ring substituents is 1. The van der Waals surface area contributed by atoms with Gasteiger partial charge in [-0.15, -0.1) is 46.4 Å². The summed E-state index contributed by atoms with van der Waals surface area (Å²) in [4.78, 5) is 22.4. The van der Waals surface area contributed by atoms with Crippen LogP contribution in [0.4, 0.5) is 5.69 Å². The standard InChI is InChI=1S/C18H26Cl4N3O5P/c1-15(26)14-18(16-2-4-17(5-3-16)25(27)28)30-31(29,23(10-6-19)11-7-20)24(12-8-21)13-9-22/h2-5,18H,6-14H2,1H3. The van der Waals surface area contributed by atoms with Crippen molar-refractivity contribution in [1.29, 1.82) is 0 Å². The number of nitrogens with zero attached hydrogens (tertiary/aromatic N) is 3. The van der Waals surface area contributed by atoms with Gasteiger partial charge in [-0.3, -0.25) is 24.0 Å². The number of carbonyl (C=O) groups is 1. The third kappa shape index (κ3) is 8.78. The second-order valence-electron chi connectivity index (χ2n) is 6.50. The van der Waals surface area contributed by atoms with Crippen LogP contribution in [0, 0.1) is 10.1 Å². The molecule has 0 spiro atoms. The Labute approximate surface area is 202 Å². The maximum absolute atomic E-state index is 14.3. The number of alkyl halides is 4. The smallest absolute Gasteiger partial charge is 0.300 e. The molecule has 0 aliphatic rings. The highest BCUT2D eigenvalue weighted by atomic mass is 35.5.